The van der Waals surface area contributed by atoms with Crippen molar-refractivity contribution in [2.45, 2.75) is 40.0 Å². The molecule has 1 aliphatic heterocycles. The average Bonchev–Trinajstić information content (AvgIpc) is 3.13. The van der Waals surface area contributed by atoms with Gasteiger partial charge in [0.05, 0.1) is 6.61 Å². The van der Waals surface area contributed by atoms with E-state index in [4.69, 9.17) is 9.72 Å². The molecule has 4 rings (SSSR count). The van der Waals surface area contributed by atoms with Gasteiger partial charge in [-0.3, -0.25) is 9.69 Å². The summed E-state index contributed by atoms with van der Waals surface area (Å²) in [6.45, 7) is 6.47. The Labute approximate surface area is 189 Å². The van der Waals surface area contributed by atoms with Crippen molar-refractivity contribution in [2.75, 3.05) is 16.8 Å². The number of anilines is 2. The summed E-state index contributed by atoms with van der Waals surface area (Å²) in [7, 11) is 0. The van der Waals surface area contributed by atoms with Crippen LogP contribution in [0.3, 0.4) is 0 Å². The maximum Gasteiger partial charge on any atom is 0.215 e. The third-order valence-electron chi connectivity index (χ3n) is 5.65. The summed E-state index contributed by atoms with van der Waals surface area (Å²) in [6, 6.07) is 11.9. The van der Waals surface area contributed by atoms with E-state index in [1.54, 1.807) is 0 Å². The molecular weight excluding hydrogens is 398 g/mol. The summed E-state index contributed by atoms with van der Waals surface area (Å²) in [6.07, 6.45) is 12.4. The predicted octanol–water partition coefficient (Wildman–Crippen LogP) is 5.72. The van der Waals surface area contributed by atoms with Crippen LogP contribution in [0.2, 0.25) is 0 Å². The molecule has 0 saturated heterocycles. The summed E-state index contributed by atoms with van der Waals surface area (Å²) >= 11 is 0. The smallest absolute Gasteiger partial charge is 0.215 e. The van der Waals surface area contributed by atoms with Crippen molar-refractivity contribution < 1.29 is 9.53 Å². The first-order valence-electron chi connectivity index (χ1n) is 11.2. The van der Waals surface area contributed by atoms with Crippen LogP contribution in [-0.2, 0) is 17.6 Å². The summed E-state index contributed by atoms with van der Waals surface area (Å²) in [4.78, 5) is 20.3. The number of nitrogens with zero attached hydrogens (tertiary/aromatic N) is 2. The highest BCUT2D eigenvalue weighted by Gasteiger charge is 2.31. The third kappa shape index (κ3) is 4.37. The predicted molar refractivity (Wildman–Crippen MR) is 130 cm³/mol. The standard InChI is InChI=1S/C27H29N3O2/c1-4-20-17-25(32-5-2)29-27-23(20)18-24(31)19(3)26(28-21-13-9-8-10-14-21)30(27)22-15-11-6-7-12-16-22/h6,8-17,28H,4-5,7,18H2,1-3H3. The summed E-state index contributed by atoms with van der Waals surface area (Å²) < 4.78 is 5.81. The Morgan fingerprint density at radius 3 is 2.72 bits per heavy atom. The Morgan fingerprint density at radius 2 is 1.97 bits per heavy atom. The van der Waals surface area contributed by atoms with Crippen LogP contribution in [0.15, 0.2) is 83.9 Å². The number of carbonyl (C=O) groups is 1. The number of aromatic nitrogens is 1. The lowest BCUT2D eigenvalue weighted by atomic mass is 10.00. The largest absolute Gasteiger partial charge is 0.478 e. The van der Waals surface area contributed by atoms with E-state index in [2.05, 4.69) is 41.4 Å². The number of allylic oxidation sites excluding steroid dienone is 6. The molecular formula is C27H29N3O2. The summed E-state index contributed by atoms with van der Waals surface area (Å²) in [5, 5.41) is 3.50. The summed E-state index contributed by atoms with van der Waals surface area (Å²) in [5.74, 6) is 2.12. The lowest BCUT2D eigenvalue weighted by molar-refractivity contribution is -0.114. The number of rotatable bonds is 6. The van der Waals surface area contributed by atoms with E-state index in [1.165, 1.54) is 0 Å². The number of Topliss-reactive ketones (excluding diaryl/α,β-unsaturated/α-hetero) is 1. The minimum Gasteiger partial charge on any atom is -0.478 e. The van der Waals surface area contributed by atoms with Gasteiger partial charge < -0.3 is 10.1 Å². The van der Waals surface area contributed by atoms with Gasteiger partial charge in [-0.25, -0.2) is 0 Å². The van der Waals surface area contributed by atoms with Crippen LogP contribution in [0.25, 0.3) is 0 Å². The van der Waals surface area contributed by atoms with Gasteiger partial charge in [-0.1, -0.05) is 43.4 Å². The van der Waals surface area contributed by atoms with Crippen molar-refractivity contribution in [1.29, 1.82) is 0 Å². The number of ketones is 1. The zero-order valence-electron chi connectivity index (χ0n) is 18.9. The molecule has 1 N–H and O–H groups in total. The van der Waals surface area contributed by atoms with Crippen LogP contribution >= 0.6 is 0 Å². The first-order chi connectivity index (χ1) is 15.6. The maximum absolute atomic E-state index is 13.3. The molecule has 0 spiro atoms. The number of fused-ring (bicyclic) bond motifs is 1. The molecule has 0 unspecified atom stereocenters. The van der Waals surface area contributed by atoms with Crippen LogP contribution in [0.4, 0.5) is 11.5 Å². The van der Waals surface area contributed by atoms with E-state index in [-0.39, 0.29) is 5.78 Å². The number of hydrogen-bond acceptors (Lipinski definition) is 5. The molecule has 164 valence electrons. The molecule has 1 aromatic heterocycles. The lowest BCUT2D eigenvalue weighted by Crippen LogP contribution is -2.28. The van der Waals surface area contributed by atoms with E-state index in [0.29, 0.717) is 30.3 Å². The fourth-order valence-electron chi connectivity index (χ4n) is 3.97. The molecule has 0 fully saturated rings. The molecule has 2 aliphatic rings. The molecule has 0 atom stereocenters. The van der Waals surface area contributed by atoms with Gasteiger partial charge in [-0.2, -0.15) is 4.98 Å². The van der Waals surface area contributed by atoms with Crippen molar-refractivity contribution in [3.63, 3.8) is 0 Å². The SMILES string of the molecule is CCOc1cc(CC)c2c(n1)N(C1=CC=CCC=C1)C(Nc1ccccc1)=C(C)C(=O)C2. The van der Waals surface area contributed by atoms with Gasteiger partial charge in [0.25, 0.3) is 0 Å². The molecule has 0 saturated carbocycles. The molecule has 5 nitrogen and oxygen atoms in total. The number of carbonyl (C=O) groups excluding carboxylic acids is 1. The van der Waals surface area contributed by atoms with E-state index in [1.807, 2.05) is 56.3 Å². The number of pyridine rings is 1. The molecule has 2 aromatic rings. The second-order valence-electron chi connectivity index (χ2n) is 7.77. The third-order valence-corrected chi connectivity index (χ3v) is 5.65. The topological polar surface area (TPSA) is 54.5 Å². The molecule has 1 aromatic carbocycles. The second kappa shape index (κ2) is 9.69. The number of benzene rings is 1. The normalized spacial score (nSPS) is 15.8. The highest BCUT2D eigenvalue weighted by atomic mass is 16.5. The van der Waals surface area contributed by atoms with Crippen LogP contribution in [-0.4, -0.2) is 17.4 Å². The van der Waals surface area contributed by atoms with Gasteiger partial charge in [0, 0.05) is 35.0 Å². The number of aryl methyl sites for hydroxylation is 1. The van der Waals surface area contributed by atoms with Gasteiger partial charge in [0.15, 0.2) is 5.78 Å². The highest BCUT2D eigenvalue weighted by molar-refractivity contribution is 6.00. The Kier molecular flexibility index (Phi) is 6.55. The molecule has 0 bridgehead atoms. The summed E-state index contributed by atoms with van der Waals surface area (Å²) in [5.41, 5.74) is 4.56. The fourth-order valence-corrected chi connectivity index (χ4v) is 3.97. The van der Waals surface area contributed by atoms with E-state index in [0.717, 1.165) is 41.2 Å². The molecule has 0 amide bonds. The molecule has 1 aliphatic carbocycles. The number of para-hydroxylation sites is 1. The number of ether oxygens (including phenoxy) is 1. The zero-order chi connectivity index (χ0) is 22.5. The van der Waals surface area contributed by atoms with E-state index in [9.17, 15) is 4.79 Å². The van der Waals surface area contributed by atoms with Gasteiger partial charge in [0.2, 0.25) is 5.88 Å². The van der Waals surface area contributed by atoms with Crippen LogP contribution < -0.4 is 15.0 Å². The van der Waals surface area contributed by atoms with Crippen LogP contribution in [0.5, 0.6) is 5.88 Å². The molecule has 0 radical (unpaired) electrons. The molecule has 2 heterocycles. The van der Waals surface area contributed by atoms with E-state index >= 15 is 0 Å². The lowest BCUT2D eigenvalue weighted by Gasteiger charge is -2.30. The Hall–Kier alpha value is -3.60. The molecule has 5 heteroatoms. The van der Waals surface area contributed by atoms with Crippen LogP contribution in [0.1, 0.15) is 38.3 Å². The second-order valence-corrected chi connectivity index (χ2v) is 7.77. The minimum absolute atomic E-state index is 0.0848. The van der Waals surface area contributed by atoms with Crippen molar-refractivity contribution in [2.24, 2.45) is 0 Å². The quantitative estimate of drug-likeness (QED) is 0.639. The molecule has 32 heavy (non-hydrogen) atoms. The van der Waals surface area contributed by atoms with Crippen molar-refractivity contribution in [3.8, 4) is 5.88 Å². The van der Waals surface area contributed by atoms with Crippen LogP contribution in [0, 0.1) is 0 Å². The first kappa shape index (κ1) is 21.6. The monoisotopic (exact) mass is 427 g/mol. The number of nitrogens with one attached hydrogen (secondary N) is 1. The van der Waals surface area contributed by atoms with Gasteiger partial charge >= 0.3 is 0 Å². The van der Waals surface area contributed by atoms with Crippen molar-refractivity contribution in [1.82, 2.24) is 4.98 Å². The van der Waals surface area contributed by atoms with Gasteiger partial charge in [0.1, 0.15) is 11.6 Å². The number of hydrogen-bond donors (Lipinski definition) is 1. The van der Waals surface area contributed by atoms with Gasteiger partial charge in [-0.05, 0) is 56.5 Å². The minimum atomic E-state index is 0.0848. The van der Waals surface area contributed by atoms with Crippen molar-refractivity contribution in [3.05, 3.63) is 95.0 Å². The van der Waals surface area contributed by atoms with E-state index < -0.39 is 0 Å². The Bertz CT molecular complexity index is 1130. The Balaban J connectivity index is 1.97. The fraction of sp³-hybridized carbons (Fsp3) is 0.259. The highest BCUT2D eigenvalue weighted by Crippen LogP contribution is 2.37. The first-order valence-corrected chi connectivity index (χ1v) is 11.2. The zero-order valence-corrected chi connectivity index (χ0v) is 18.9. The van der Waals surface area contributed by atoms with Gasteiger partial charge in [-0.15, -0.1) is 0 Å². The Morgan fingerprint density at radius 1 is 1.16 bits per heavy atom. The maximum atomic E-state index is 13.3. The van der Waals surface area contributed by atoms with Crippen molar-refractivity contribution >= 4 is 17.3 Å². The average molecular weight is 428 g/mol.